The summed E-state index contributed by atoms with van der Waals surface area (Å²) in [6.07, 6.45) is 0. The Morgan fingerprint density at radius 3 is 2.40 bits per heavy atom. The van der Waals surface area contributed by atoms with E-state index in [2.05, 4.69) is 37.4 Å². The van der Waals surface area contributed by atoms with Crippen molar-refractivity contribution in [3.63, 3.8) is 0 Å². The first-order valence-electron chi connectivity index (χ1n) is 6.73. The third kappa shape index (κ3) is 3.31. The molecule has 20 heavy (non-hydrogen) atoms. The van der Waals surface area contributed by atoms with E-state index in [4.69, 9.17) is 4.74 Å². The van der Waals surface area contributed by atoms with E-state index in [9.17, 15) is 5.11 Å². The summed E-state index contributed by atoms with van der Waals surface area (Å²) >= 11 is 0. The van der Waals surface area contributed by atoms with Gasteiger partial charge >= 0.3 is 0 Å². The number of hydrogen-bond acceptors (Lipinski definition) is 3. The Balaban J connectivity index is 2.03. The molecule has 0 aliphatic heterocycles. The fraction of sp³-hybridized carbons (Fsp3) is 0.294. The van der Waals surface area contributed by atoms with Crippen molar-refractivity contribution in [2.45, 2.75) is 26.9 Å². The Kier molecular flexibility index (Phi) is 4.64. The number of phenolic OH excluding ortho intramolecular Hbond substituents is 1. The molecule has 0 atom stereocenters. The second kappa shape index (κ2) is 6.44. The largest absolute Gasteiger partial charge is 0.508 e. The van der Waals surface area contributed by atoms with Crippen LogP contribution in [0.25, 0.3) is 0 Å². The molecule has 2 rings (SSSR count). The highest BCUT2D eigenvalue weighted by atomic mass is 16.5. The van der Waals surface area contributed by atoms with Gasteiger partial charge in [-0.05, 0) is 48.7 Å². The molecule has 0 saturated carbocycles. The van der Waals surface area contributed by atoms with Crippen LogP contribution in [0.4, 0.5) is 0 Å². The van der Waals surface area contributed by atoms with Crippen LogP contribution >= 0.6 is 0 Å². The molecule has 0 aliphatic carbocycles. The van der Waals surface area contributed by atoms with Crippen molar-refractivity contribution < 1.29 is 9.84 Å². The Bertz CT molecular complexity index is 573. The summed E-state index contributed by atoms with van der Waals surface area (Å²) < 4.78 is 5.17. The van der Waals surface area contributed by atoms with Crippen LogP contribution in [0, 0.1) is 13.8 Å². The third-order valence-corrected chi connectivity index (χ3v) is 3.55. The second-order valence-corrected chi connectivity index (χ2v) is 4.97. The molecule has 0 aliphatic rings. The minimum atomic E-state index is 0.291. The third-order valence-electron chi connectivity index (χ3n) is 3.55. The van der Waals surface area contributed by atoms with E-state index in [0.29, 0.717) is 12.3 Å². The van der Waals surface area contributed by atoms with Crippen LogP contribution in [-0.4, -0.2) is 12.2 Å². The lowest BCUT2D eigenvalue weighted by atomic mass is 10.0. The van der Waals surface area contributed by atoms with Gasteiger partial charge in [0.2, 0.25) is 0 Å². The number of benzene rings is 2. The van der Waals surface area contributed by atoms with Gasteiger partial charge in [-0.3, -0.25) is 0 Å². The van der Waals surface area contributed by atoms with Gasteiger partial charge in [0.15, 0.2) is 0 Å². The molecule has 3 heteroatoms. The van der Waals surface area contributed by atoms with Gasteiger partial charge in [0.1, 0.15) is 11.5 Å². The van der Waals surface area contributed by atoms with Crippen molar-refractivity contribution >= 4 is 0 Å². The molecule has 3 nitrogen and oxygen atoms in total. The molecule has 2 aromatic rings. The van der Waals surface area contributed by atoms with Crippen molar-refractivity contribution in [2.75, 3.05) is 7.11 Å². The molecule has 0 bridgehead atoms. The molecule has 106 valence electrons. The topological polar surface area (TPSA) is 41.5 Å². The van der Waals surface area contributed by atoms with Gasteiger partial charge in [-0.15, -0.1) is 0 Å². The summed E-state index contributed by atoms with van der Waals surface area (Å²) in [5, 5.41) is 13.2. The van der Waals surface area contributed by atoms with E-state index in [-0.39, 0.29) is 0 Å². The Morgan fingerprint density at radius 2 is 1.75 bits per heavy atom. The number of nitrogens with one attached hydrogen (secondary N) is 1. The van der Waals surface area contributed by atoms with E-state index >= 15 is 0 Å². The summed E-state index contributed by atoms with van der Waals surface area (Å²) in [6, 6.07) is 11.6. The number of aryl methyl sites for hydroxylation is 2. The lowest BCUT2D eigenvalue weighted by Gasteiger charge is -2.12. The first-order chi connectivity index (χ1) is 9.61. The molecular weight excluding hydrogens is 250 g/mol. The fourth-order valence-electron chi connectivity index (χ4n) is 2.28. The number of ether oxygens (including phenoxy) is 1. The van der Waals surface area contributed by atoms with Crippen molar-refractivity contribution in [1.82, 2.24) is 5.32 Å². The highest BCUT2D eigenvalue weighted by Crippen LogP contribution is 2.23. The van der Waals surface area contributed by atoms with E-state index < -0.39 is 0 Å². The lowest BCUT2D eigenvalue weighted by molar-refractivity contribution is 0.410. The molecule has 0 amide bonds. The molecule has 0 saturated heterocycles. The highest BCUT2D eigenvalue weighted by molar-refractivity contribution is 5.39. The van der Waals surface area contributed by atoms with Crippen LogP contribution in [0.5, 0.6) is 11.5 Å². The number of methoxy groups -OCH3 is 1. The van der Waals surface area contributed by atoms with Crippen molar-refractivity contribution in [1.29, 1.82) is 0 Å². The van der Waals surface area contributed by atoms with Crippen LogP contribution in [0.3, 0.4) is 0 Å². The monoisotopic (exact) mass is 271 g/mol. The molecule has 0 spiro atoms. The summed E-state index contributed by atoms with van der Waals surface area (Å²) in [5.74, 6) is 1.05. The van der Waals surface area contributed by atoms with Gasteiger partial charge in [-0.2, -0.15) is 0 Å². The number of hydrogen-bond donors (Lipinski definition) is 2. The summed E-state index contributed by atoms with van der Waals surface area (Å²) in [5.41, 5.74) is 4.73. The minimum Gasteiger partial charge on any atom is -0.508 e. The average molecular weight is 271 g/mol. The predicted octanol–water partition coefficient (Wildman–Crippen LogP) is 3.31. The molecule has 2 N–H and O–H groups in total. The van der Waals surface area contributed by atoms with Crippen LogP contribution in [0.2, 0.25) is 0 Å². The van der Waals surface area contributed by atoms with Crippen LogP contribution < -0.4 is 10.1 Å². The zero-order valence-corrected chi connectivity index (χ0v) is 12.2. The molecule has 0 unspecified atom stereocenters. The van der Waals surface area contributed by atoms with E-state index in [1.807, 2.05) is 6.07 Å². The van der Waals surface area contributed by atoms with Gasteiger partial charge in [0, 0.05) is 18.7 Å². The van der Waals surface area contributed by atoms with Crippen LogP contribution in [-0.2, 0) is 13.1 Å². The Morgan fingerprint density at radius 1 is 1.05 bits per heavy atom. The summed E-state index contributed by atoms with van der Waals surface area (Å²) in [7, 11) is 1.63. The fourth-order valence-corrected chi connectivity index (χ4v) is 2.28. The zero-order chi connectivity index (χ0) is 14.5. The molecule has 0 aromatic heterocycles. The van der Waals surface area contributed by atoms with Gasteiger partial charge in [0.25, 0.3) is 0 Å². The summed E-state index contributed by atoms with van der Waals surface area (Å²) in [4.78, 5) is 0. The Hall–Kier alpha value is -2.00. The Labute approximate surface area is 120 Å². The maximum Gasteiger partial charge on any atom is 0.120 e. The normalized spacial score (nSPS) is 10.6. The summed E-state index contributed by atoms with van der Waals surface area (Å²) in [6.45, 7) is 5.63. The lowest BCUT2D eigenvalue weighted by Crippen LogP contribution is -2.14. The standard InChI is InChI=1S/C17H21NO2/c1-12-5-4-6-13(2)16(12)11-18-10-14-9-15(20-3)7-8-17(14)19/h4-9,18-19H,10-11H2,1-3H3. The quantitative estimate of drug-likeness (QED) is 0.876. The van der Waals surface area contributed by atoms with Crippen molar-refractivity contribution in [2.24, 2.45) is 0 Å². The zero-order valence-electron chi connectivity index (χ0n) is 12.2. The average Bonchev–Trinajstić information content (AvgIpc) is 2.44. The number of phenols is 1. The van der Waals surface area contributed by atoms with Crippen molar-refractivity contribution in [3.05, 3.63) is 58.7 Å². The molecule has 0 heterocycles. The number of rotatable bonds is 5. The smallest absolute Gasteiger partial charge is 0.120 e. The van der Waals surface area contributed by atoms with Crippen molar-refractivity contribution in [3.8, 4) is 11.5 Å². The van der Waals surface area contributed by atoms with Crippen LogP contribution in [0.1, 0.15) is 22.3 Å². The van der Waals surface area contributed by atoms with Gasteiger partial charge < -0.3 is 15.2 Å². The second-order valence-electron chi connectivity index (χ2n) is 4.97. The maximum atomic E-state index is 9.84. The van der Waals surface area contributed by atoms with Gasteiger partial charge in [-0.1, -0.05) is 18.2 Å². The molecular formula is C17H21NO2. The predicted molar refractivity (Wildman–Crippen MR) is 81.1 cm³/mol. The van der Waals surface area contributed by atoms with E-state index in [1.165, 1.54) is 16.7 Å². The molecule has 0 radical (unpaired) electrons. The maximum absolute atomic E-state index is 9.84. The first kappa shape index (κ1) is 14.4. The van der Waals surface area contributed by atoms with Gasteiger partial charge in [-0.25, -0.2) is 0 Å². The SMILES string of the molecule is COc1ccc(O)c(CNCc2c(C)cccc2C)c1. The first-order valence-corrected chi connectivity index (χ1v) is 6.73. The highest BCUT2D eigenvalue weighted by Gasteiger charge is 2.05. The van der Waals surface area contributed by atoms with Crippen LogP contribution in [0.15, 0.2) is 36.4 Å². The van der Waals surface area contributed by atoms with Gasteiger partial charge in [0.05, 0.1) is 7.11 Å². The van der Waals surface area contributed by atoms with E-state index in [1.54, 1.807) is 19.2 Å². The van der Waals surface area contributed by atoms with E-state index in [0.717, 1.165) is 17.9 Å². The molecule has 0 fully saturated rings. The minimum absolute atomic E-state index is 0.291. The number of aromatic hydroxyl groups is 1. The molecule has 2 aromatic carbocycles.